The van der Waals surface area contributed by atoms with Crippen molar-refractivity contribution in [1.82, 2.24) is 20.0 Å². The van der Waals surface area contributed by atoms with Crippen molar-refractivity contribution in [3.8, 4) is 0 Å². The van der Waals surface area contributed by atoms with Crippen LogP contribution in [0.3, 0.4) is 0 Å². The Kier molecular flexibility index (Phi) is 5.30. The number of likely N-dealkylation sites (tertiary alicyclic amines) is 1. The number of nitrogens with one attached hydrogen (secondary N) is 1. The van der Waals surface area contributed by atoms with Crippen LogP contribution < -0.4 is 11.1 Å². The Bertz CT molecular complexity index is 648. The first-order chi connectivity index (χ1) is 12.0. The van der Waals surface area contributed by atoms with Crippen LogP contribution >= 0.6 is 0 Å². The minimum atomic E-state index is -0.393. The smallest absolute Gasteiger partial charge is 0.260 e. The quantitative estimate of drug-likeness (QED) is 0.865. The van der Waals surface area contributed by atoms with E-state index in [1.165, 1.54) is 36.8 Å². The van der Waals surface area contributed by atoms with Gasteiger partial charge < -0.3 is 16.0 Å². The highest BCUT2D eigenvalue weighted by Crippen LogP contribution is 2.26. The molecule has 0 aromatic carbocycles. The van der Waals surface area contributed by atoms with E-state index in [4.69, 9.17) is 5.73 Å². The van der Waals surface area contributed by atoms with Gasteiger partial charge in [-0.25, -0.2) is 0 Å². The Labute approximate surface area is 148 Å². The normalized spacial score (nSPS) is 21.5. The molecule has 0 bridgehead atoms. The molecule has 2 aliphatic rings. The molecule has 0 spiro atoms. The number of carbonyl (C=O) groups is 2. The molecule has 0 radical (unpaired) electrons. The zero-order valence-corrected chi connectivity index (χ0v) is 15.3. The molecule has 7 heteroatoms. The molecule has 2 heterocycles. The maximum atomic E-state index is 12.9. The second kappa shape index (κ2) is 7.45. The number of nitrogens with zero attached hydrogens (tertiary/aromatic N) is 3. The maximum absolute atomic E-state index is 12.9. The van der Waals surface area contributed by atoms with E-state index >= 15 is 0 Å². The predicted molar refractivity (Wildman–Crippen MR) is 96.0 cm³/mol. The molecule has 138 valence electrons. The number of rotatable bonds is 4. The molecule has 2 fully saturated rings. The van der Waals surface area contributed by atoms with E-state index in [1.807, 2.05) is 0 Å². The third-order valence-corrected chi connectivity index (χ3v) is 5.59. The average molecular weight is 347 g/mol. The van der Waals surface area contributed by atoms with Crippen molar-refractivity contribution in [2.75, 3.05) is 18.8 Å². The molecule has 3 rings (SSSR count). The summed E-state index contributed by atoms with van der Waals surface area (Å²) in [7, 11) is 1.72. The molecule has 1 saturated heterocycles. The lowest BCUT2D eigenvalue weighted by atomic mass is 9.89. The summed E-state index contributed by atoms with van der Waals surface area (Å²) in [5.74, 6) is 0.727. The van der Waals surface area contributed by atoms with Crippen LogP contribution in [0.5, 0.6) is 0 Å². The Morgan fingerprint density at radius 1 is 1.20 bits per heavy atom. The summed E-state index contributed by atoms with van der Waals surface area (Å²) in [6.07, 6.45) is 7.76. The van der Waals surface area contributed by atoms with Gasteiger partial charge in [-0.2, -0.15) is 5.10 Å². The molecule has 25 heavy (non-hydrogen) atoms. The molecule has 7 nitrogen and oxygen atoms in total. The van der Waals surface area contributed by atoms with Gasteiger partial charge in [-0.15, -0.1) is 0 Å². The number of amides is 2. The minimum Gasteiger partial charge on any atom is -0.383 e. The fourth-order valence-electron chi connectivity index (χ4n) is 4.12. The summed E-state index contributed by atoms with van der Waals surface area (Å²) in [5.41, 5.74) is 7.04. The van der Waals surface area contributed by atoms with Gasteiger partial charge in [0.15, 0.2) is 0 Å². The first kappa shape index (κ1) is 17.8. The van der Waals surface area contributed by atoms with E-state index < -0.39 is 6.04 Å². The van der Waals surface area contributed by atoms with Crippen molar-refractivity contribution in [3.63, 3.8) is 0 Å². The summed E-state index contributed by atoms with van der Waals surface area (Å²) < 4.78 is 1.51. The van der Waals surface area contributed by atoms with Gasteiger partial charge in [-0.1, -0.05) is 19.3 Å². The third kappa shape index (κ3) is 3.65. The van der Waals surface area contributed by atoms with E-state index in [9.17, 15) is 9.59 Å². The van der Waals surface area contributed by atoms with Crippen LogP contribution in [0.15, 0.2) is 0 Å². The lowest BCUT2D eigenvalue weighted by Gasteiger charge is -2.26. The SMILES string of the molecule is Cc1nn(C)c(N)c1C(=O)N1CCCC1C(=O)NCC1CCCCC1. The molecule has 1 saturated carbocycles. The molecule has 1 aromatic heterocycles. The fraction of sp³-hybridized carbons (Fsp3) is 0.722. The summed E-state index contributed by atoms with van der Waals surface area (Å²) in [4.78, 5) is 27.3. The predicted octanol–water partition coefficient (Wildman–Crippen LogP) is 1.61. The first-order valence-corrected chi connectivity index (χ1v) is 9.36. The number of hydrogen-bond acceptors (Lipinski definition) is 4. The van der Waals surface area contributed by atoms with E-state index in [2.05, 4.69) is 10.4 Å². The first-order valence-electron chi connectivity index (χ1n) is 9.36. The van der Waals surface area contributed by atoms with Crippen LogP contribution in [-0.2, 0) is 11.8 Å². The van der Waals surface area contributed by atoms with E-state index in [0.717, 1.165) is 13.0 Å². The van der Waals surface area contributed by atoms with Crippen LogP contribution in [0.25, 0.3) is 0 Å². The Morgan fingerprint density at radius 2 is 1.92 bits per heavy atom. The number of nitrogens with two attached hydrogens (primary N) is 1. The monoisotopic (exact) mass is 347 g/mol. The van der Waals surface area contributed by atoms with E-state index in [0.29, 0.717) is 36.0 Å². The number of nitrogen functional groups attached to an aromatic ring is 1. The van der Waals surface area contributed by atoms with E-state index in [1.54, 1.807) is 18.9 Å². The minimum absolute atomic E-state index is 0.0310. The zero-order chi connectivity index (χ0) is 18.0. The van der Waals surface area contributed by atoms with Gasteiger partial charge in [0.25, 0.3) is 5.91 Å². The fourth-order valence-corrected chi connectivity index (χ4v) is 4.12. The van der Waals surface area contributed by atoms with Crippen LogP contribution in [0.2, 0.25) is 0 Å². The van der Waals surface area contributed by atoms with Crippen LogP contribution in [-0.4, -0.2) is 45.6 Å². The molecule has 2 amide bonds. The van der Waals surface area contributed by atoms with Gasteiger partial charge >= 0.3 is 0 Å². The van der Waals surface area contributed by atoms with E-state index in [-0.39, 0.29) is 11.8 Å². The van der Waals surface area contributed by atoms with Gasteiger partial charge in [-0.3, -0.25) is 14.3 Å². The van der Waals surface area contributed by atoms with Crippen LogP contribution in [0.4, 0.5) is 5.82 Å². The van der Waals surface area contributed by atoms with Crippen molar-refractivity contribution in [3.05, 3.63) is 11.3 Å². The number of hydrogen-bond donors (Lipinski definition) is 2. The summed E-state index contributed by atoms with van der Waals surface area (Å²) in [6, 6.07) is -0.393. The number of carbonyl (C=O) groups excluding carboxylic acids is 2. The van der Waals surface area contributed by atoms with Gasteiger partial charge in [0.05, 0.1) is 5.69 Å². The van der Waals surface area contributed by atoms with Gasteiger partial charge in [0.2, 0.25) is 5.91 Å². The van der Waals surface area contributed by atoms with Gasteiger partial charge in [0.1, 0.15) is 17.4 Å². The highest BCUT2D eigenvalue weighted by molar-refractivity contribution is 6.02. The molecular weight excluding hydrogens is 318 g/mol. The summed E-state index contributed by atoms with van der Waals surface area (Å²) in [5, 5.41) is 7.29. The second-order valence-corrected chi connectivity index (χ2v) is 7.38. The lowest BCUT2D eigenvalue weighted by molar-refractivity contribution is -0.125. The second-order valence-electron chi connectivity index (χ2n) is 7.38. The number of aryl methyl sites for hydroxylation is 2. The molecule has 3 N–H and O–H groups in total. The van der Waals surface area contributed by atoms with Gasteiger partial charge in [0, 0.05) is 20.1 Å². The largest absolute Gasteiger partial charge is 0.383 e. The average Bonchev–Trinajstić information content (AvgIpc) is 3.19. The van der Waals surface area contributed by atoms with Crippen molar-refractivity contribution >= 4 is 17.6 Å². The van der Waals surface area contributed by atoms with Crippen molar-refractivity contribution in [2.45, 2.75) is 57.9 Å². The Hall–Kier alpha value is -2.05. The van der Waals surface area contributed by atoms with Crippen LogP contribution in [0, 0.1) is 12.8 Å². The zero-order valence-electron chi connectivity index (χ0n) is 15.3. The van der Waals surface area contributed by atoms with Crippen molar-refractivity contribution < 1.29 is 9.59 Å². The molecule has 1 aliphatic heterocycles. The summed E-state index contributed by atoms with van der Waals surface area (Å²) in [6.45, 7) is 3.09. The third-order valence-electron chi connectivity index (χ3n) is 5.59. The maximum Gasteiger partial charge on any atom is 0.260 e. The highest BCUT2D eigenvalue weighted by atomic mass is 16.2. The molecule has 1 aromatic rings. The molecule has 1 atom stereocenters. The van der Waals surface area contributed by atoms with Crippen LogP contribution in [0.1, 0.15) is 61.0 Å². The molecule has 1 unspecified atom stereocenters. The van der Waals surface area contributed by atoms with Crippen molar-refractivity contribution in [1.29, 1.82) is 0 Å². The molecular formula is C18H29N5O2. The topological polar surface area (TPSA) is 93.2 Å². The highest BCUT2D eigenvalue weighted by Gasteiger charge is 2.36. The summed E-state index contributed by atoms with van der Waals surface area (Å²) >= 11 is 0. The Morgan fingerprint density at radius 3 is 2.56 bits per heavy atom. The number of anilines is 1. The lowest BCUT2D eigenvalue weighted by Crippen LogP contribution is -2.47. The Balaban J connectivity index is 1.65. The van der Waals surface area contributed by atoms with Crippen molar-refractivity contribution in [2.24, 2.45) is 13.0 Å². The van der Waals surface area contributed by atoms with Gasteiger partial charge in [-0.05, 0) is 38.5 Å². The standard InChI is InChI=1S/C18H29N5O2/c1-12-15(16(19)22(2)21-12)18(25)23-10-6-9-14(23)17(24)20-11-13-7-4-3-5-8-13/h13-14H,3-11,19H2,1-2H3,(H,20,24). The number of aromatic nitrogens is 2. The molecule has 1 aliphatic carbocycles.